The van der Waals surface area contributed by atoms with Crippen LogP contribution in [-0.2, 0) is 29.6 Å². The fraction of sp³-hybridized carbons (Fsp3) is 0.462. The zero-order chi connectivity index (χ0) is 15.6. The highest BCUT2D eigenvalue weighted by molar-refractivity contribution is 7.88. The minimum absolute atomic E-state index is 0.253. The molecule has 0 aromatic carbocycles. The van der Waals surface area contributed by atoms with Crippen molar-refractivity contribution in [2.75, 3.05) is 19.3 Å². The maximum atomic E-state index is 11.7. The van der Waals surface area contributed by atoms with Gasteiger partial charge in [0.1, 0.15) is 12.4 Å². The third-order valence-corrected chi connectivity index (χ3v) is 4.82. The van der Waals surface area contributed by atoms with Gasteiger partial charge in [-0.1, -0.05) is 6.07 Å². The minimum Gasteiger partial charge on any atom is -0.469 e. The Balaban J connectivity index is 1.71. The smallest absolute Gasteiger partial charge is 0.213 e. The van der Waals surface area contributed by atoms with Gasteiger partial charge in [-0.25, -0.2) is 13.4 Å². The maximum Gasteiger partial charge on any atom is 0.213 e. The monoisotopic (exact) mass is 323 g/mol. The van der Waals surface area contributed by atoms with E-state index in [1.165, 1.54) is 10.6 Å². The number of rotatable bonds is 4. The molecule has 0 spiro atoms. The number of fused-ring (bicyclic) bond motifs is 1. The van der Waals surface area contributed by atoms with E-state index in [1.54, 1.807) is 12.3 Å². The topological polar surface area (TPSA) is 90.2 Å². The molecule has 22 heavy (non-hydrogen) atoms. The fourth-order valence-electron chi connectivity index (χ4n) is 2.37. The Hall–Kier alpha value is -2.00. The summed E-state index contributed by atoms with van der Waals surface area (Å²) in [6.07, 6.45) is 3.43. The Morgan fingerprint density at radius 1 is 1.23 bits per heavy atom. The van der Waals surface area contributed by atoms with Gasteiger partial charge in [0, 0.05) is 38.3 Å². The number of hydrogen-bond donors (Lipinski definition) is 0. The Labute approximate surface area is 128 Å². The quantitative estimate of drug-likeness (QED) is 0.791. The zero-order valence-corrected chi connectivity index (χ0v) is 13.0. The molecule has 8 nitrogen and oxygen atoms in total. The lowest BCUT2D eigenvalue weighted by atomic mass is 10.4. The molecule has 0 N–H and O–H groups in total. The van der Waals surface area contributed by atoms with E-state index >= 15 is 0 Å². The molecule has 0 fully saturated rings. The summed E-state index contributed by atoms with van der Waals surface area (Å²) in [4.78, 5) is 4.09. The average molecular weight is 323 g/mol. The van der Waals surface area contributed by atoms with Crippen LogP contribution in [0.3, 0.4) is 0 Å². The lowest BCUT2D eigenvalue weighted by molar-refractivity contribution is 0.276. The molecule has 0 saturated carbocycles. The molecular weight excluding hydrogens is 306 g/mol. The van der Waals surface area contributed by atoms with Gasteiger partial charge in [0.15, 0.2) is 5.82 Å². The molecule has 0 atom stereocenters. The summed E-state index contributed by atoms with van der Waals surface area (Å²) in [5.41, 5.74) is 0. The van der Waals surface area contributed by atoms with Gasteiger partial charge in [-0.05, 0) is 6.07 Å². The van der Waals surface area contributed by atoms with Gasteiger partial charge in [0.2, 0.25) is 15.9 Å². The van der Waals surface area contributed by atoms with E-state index < -0.39 is 10.0 Å². The molecule has 118 valence electrons. The van der Waals surface area contributed by atoms with E-state index in [0.717, 1.165) is 5.82 Å². The lowest BCUT2D eigenvalue weighted by Gasteiger charge is -2.16. The largest absolute Gasteiger partial charge is 0.469 e. The molecule has 0 bridgehead atoms. The third kappa shape index (κ3) is 3.25. The van der Waals surface area contributed by atoms with Crippen molar-refractivity contribution < 1.29 is 13.2 Å². The third-order valence-electron chi connectivity index (χ3n) is 3.52. The van der Waals surface area contributed by atoms with E-state index in [1.807, 2.05) is 16.7 Å². The van der Waals surface area contributed by atoms with Crippen LogP contribution >= 0.6 is 0 Å². The highest BCUT2D eigenvalue weighted by Crippen LogP contribution is 2.13. The molecule has 1 aliphatic rings. The highest BCUT2D eigenvalue weighted by Gasteiger charge is 2.23. The molecule has 3 heterocycles. The predicted octanol–water partition coefficient (Wildman–Crippen LogP) is 0.0698. The van der Waals surface area contributed by atoms with Crippen molar-refractivity contribution in [3.05, 3.63) is 36.0 Å². The Kier molecular flexibility index (Phi) is 4.08. The molecule has 0 saturated heterocycles. The van der Waals surface area contributed by atoms with Crippen LogP contribution in [-0.4, -0.2) is 51.8 Å². The van der Waals surface area contributed by atoms with Crippen molar-refractivity contribution in [1.82, 2.24) is 24.1 Å². The molecule has 1 aliphatic heterocycles. The summed E-state index contributed by atoms with van der Waals surface area (Å²) in [7, 11) is -3.18. The van der Waals surface area contributed by atoms with Crippen LogP contribution in [0.4, 0.5) is 0 Å². The maximum absolute atomic E-state index is 11.7. The van der Waals surface area contributed by atoms with Gasteiger partial charge in [0.25, 0.3) is 0 Å². The lowest BCUT2D eigenvalue weighted by Crippen LogP contribution is -2.32. The van der Waals surface area contributed by atoms with Crippen molar-refractivity contribution in [3.8, 4) is 5.88 Å². The predicted molar refractivity (Wildman–Crippen MR) is 78.7 cm³/mol. The van der Waals surface area contributed by atoms with E-state index in [4.69, 9.17) is 4.74 Å². The van der Waals surface area contributed by atoms with Crippen LogP contribution in [0.5, 0.6) is 5.88 Å². The Bertz CT molecular complexity index is 744. The van der Waals surface area contributed by atoms with Gasteiger partial charge in [-0.3, -0.25) is 0 Å². The second-order valence-corrected chi connectivity index (χ2v) is 7.04. The molecular formula is C13H17N5O3S. The second kappa shape index (κ2) is 6.01. The summed E-state index contributed by atoms with van der Waals surface area (Å²) in [6.45, 7) is 1.62. The summed E-state index contributed by atoms with van der Waals surface area (Å²) in [6, 6.07) is 5.43. The van der Waals surface area contributed by atoms with Crippen LogP contribution in [0, 0.1) is 0 Å². The van der Waals surface area contributed by atoms with E-state index in [2.05, 4.69) is 15.2 Å². The molecule has 2 aromatic rings. The average Bonchev–Trinajstić information content (AvgIpc) is 2.74. The minimum atomic E-state index is -3.18. The van der Waals surface area contributed by atoms with Crippen LogP contribution in [0.15, 0.2) is 24.4 Å². The first-order valence-corrected chi connectivity index (χ1v) is 8.79. The number of pyridine rings is 1. The first-order valence-electron chi connectivity index (χ1n) is 6.94. The first kappa shape index (κ1) is 14.9. The zero-order valence-electron chi connectivity index (χ0n) is 12.2. The van der Waals surface area contributed by atoms with Crippen molar-refractivity contribution in [2.45, 2.75) is 19.6 Å². The van der Waals surface area contributed by atoms with Crippen LogP contribution in [0.1, 0.15) is 11.6 Å². The van der Waals surface area contributed by atoms with E-state index in [0.29, 0.717) is 37.8 Å². The Morgan fingerprint density at radius 3 is 2.82 bits per heavy atom. The standard InChI is InChI=1S/C13H17N5O3S/c1-22(19,20)17-7-5-11-15-16-12(18(11)9-8-17)10-21-13-4-2-3-6-14-13/h2-4,6H,5,7-10H2,1H3. The molecule has 9 heteroatoms. The summed E-state index contributed by atoms with van der Waals surface area (Å²) >= 11 is 0. The van der Waals surface area contributed by atoms with Crippen molar-refractivity contribution in [1.29, 1.82) is 0 Å². The van der Waals surface area contributed by atoms with E-state index in [9.17, 15) is 8.42 Å². The van der Waals surface area contributed by atoms with Crippen molar-refractivity contribution in [2.24, 2.45) is 0 Å². The van der Waals surface area contributed by atoms with Gasteiger partial charge in [0.05, 0.1) is 6.26 Å². The summed E-state index contributed by atoms with van der Waals surface area (Å²) in [5, 5.41) is 8.27. The van der Waals surface area contributed by atoms with E-state index in [-0.39, 0.29) is 6.61 Å². The Morgan fingerprint density at radius 2 is 2.09 bits per heavy atom. The number of hydrogen-bond acceptors (Lipinski definition) is 6. The number of nitrogens with zero attached hydrogens (tertiary/aromatic N) is 5. The number of aromatic nitrogens is 4. The number of sulfonamides is 1. The van der Waals surface area contributed by atoms with Gasteiger partial charge in [-0.2, -0.15) is 4.31 Å². The van der Waals surface area contributed by atoms with Crippen LogP contribution in [0.2, 0.25) is 0 Å². The first-order chi connectivity index (χ1) is 10.5. The summed E-state index contributed by atoms with van der Waals surface area (Å²) in [5.74, 6) is 1.98. The molecule has 0 amide bonds. The molecule has 3 rings (SSSR count). The molecule has 0 unspecified atom stereocenters. The van der Waals surface area contributed by atoms with Crippen molar-refractivity contribution in [3.63, 3.8) is 0 Å². The van der Waals surface area contributed by atoms with Crippen LogP contribution in [0.25, 0.3) is 0 Å². The van der Waals surface area contributed by atoms with Crippen molar-refractivity contribution >= 4 is 10.0 Å². The second-order valence-electron chi connectivity index (χ2n) is 5.05. The molecule has 2 aromatic heterocycles. The normalized spacial score (nSPS) is 16.0. The highest BCUT2D eigenvalue weighted by atomic mass is 32.2. The van der Waals surface area contributed by atoms with Gasteiger partial charge < -0.3 is 9.30 Å². The summed E-state index contributed by atoms with van der Waals surface area (Å²) < 4.78 is 32.3. The van der Waals surface area contributed by atoms with Gasteiger partial charge in [-0.15, -0.1) is 10.2 Å². The van der Waals surface area contributed by atoms with Gasteiger partial charge >= 0.3 is 0 Å². The molecule has 0 radical (unpaired) electrons. The van der Waals surface area contributed by atoms with Crippen LogP contribution < -0.4 is 4.74 Å². The SMILES string of the molecule is CS(=O)(=O)N1CCc2nnc(COc3ccccn3)n2CC1. The molecule has 0 aliphatic carbocycles. The number of ether oxygens (including phenoxy) is 1. The fourth-order valence-corrected chi connectivity index (χ4v) is 3.21.